The summed E-state index contributed by atoms with van der Waals surface area (Å²) in [5.41, 5.74) is -0.911. The molecule has 0 aliphatic carbocycles. The van der Waals surface area contributed by atoms with Crippen molar-refractivity contribution >= 4 is 33.6 Å². The number of aromatic nitrogens is 2. The molecule has 0 spiro atoms. The van der Waals surface area contributed by atoms with E-state index in [1.165, 1.54) is 29.2 Å². The summed E-state index contributed by atoms with van der Waals surface area (Å²) in [5, 5.41) is -0.396. The van der Waals surface area contributed by atoms with Crippen LogP contribution in [0.1, 0.15) is 36.8 Å². The molecule has 1 aliphatic heterocycles. The summed E-state index contributed by atoms with van der Waals surface area (Å²) >= 11 is 0. The third kappa shape index (κ3) is 5.62. The van der Waals surface area contributed by atoms with Gasteiger partial charge in [-0.2, -0.15) is 21.6 Å². The zero-order valence-corrected chi connectivity index (χ0v) is 21.1. The SMILES string of the molecule is C=CCC[C@H]1CCC(=O)N1c1cccc(S(=O)(=O)Nc2ccc(C(F)(F)F)c(-c3ccccc3C=C)n2)n1. The summed E-state index contributed by atoms with van der Waals surface area (Å²) in [5.74, 6) is -0.297. The van der Waals surface area contributed by atoms with Crippen molar-refractivity contribution in [3.05, 3.63) is 85.0 Å². The minimum atomic E-state index is -4.73. The van der Waals surface area contributed by atoms with E-state index in [1.807, 2.05) is 0 Å². The highest BCUT2D eigenvalue weighted by atomic mass is 32.2. The number of pyridine rings is 2. The molecule has 4 rings (SSSR count). The maximum absolute atomic E-state index is 13.8. The maximum atomic E-state index is 13.8. The van der Waals surface area contributed by atoms with Gasteiger partial charge in [-0.25, -0.2) is 9.97 Å². The van der Waals surface area contributed by atoms with E-state index in [-0.39, 0.29) is 29.1 Å². The smallest absolute Gasteiger partial charge is 0.294 e. The minimum absolute atomic E-state index is 0.136. The number of carbonyl (C=O) groups excluding carboxylic acids is 1. The van der Waals surface area contributed by atoms with Gasteiger partial charge in [-0.15, -0.1) is 6.58 Å². The van der Waals surface area contributed by atoms with Crippen molar-refractivity contribution in [2.75, 3.05) is 9.62 Å². The lowest BCUT2D eigenvalue weighted by Gasteiger charge is -2.24. The van der Waals surface area contributed by atoms with E-state index in [0.717, 1.165) is 12.1 Å². The highest BCUT2D eigenvalue weighted by Gasteiger charge is 2.36. The molecule has 1 fully saturated rings. The van der Waals surface area contributed by atoms with E-state index in [0.29, 0.717) is 31.2 Å². The first-order valence-corrected chi connectivity index (χ1v) is 13.3. The van der Waals surface area contributed by atoms with E-state index < -0.39 is 32.5 Å². The Labute approximate surface area is 218 Å². The molecule has 0 unspecified atom stereocenters. The van der Waals surface area contributed by atoms with E-state index in [2.05, 4.69) is 27.8 Å². The molecule has 0 bridgehead atoms. The fraction of sp³-hybridized carbons (Fsp3) is 0.222. The van der Waals surface area contributed by atoms with Crippen LogP contribution in [0.3, 0.4) is 0 Å². The summed E-state index contributed by atoms with van der Waals surface area (Å²) < 4.78 is 70.0. The van der Waals surface area contributed by atoms with Crippen LogP contribution in [-0.4, -0.2) is 30.3 Å². The van der Waals surface area contributed by atoms with Gasteiger partial charge in [-0.3, -0.25) is 14.4 Å². The lowest BCUT2D eigenvalue weighted by Crippen LogP contribution is -2.34. The van der Waals surface area contributed by atoms with Crippen LogP contribution in [0.15, 0.2) is 78.9 Å². The molecule has 7 nitrogen and oxygen atoms in total. The fourth-order valence-corrected chi connectivity index (χ4v) is 5.33. The number of amides is 1. The lowest BCUT2D eigenvalue weighted by atomic mass is 10.00. The summed E-state index contributed by atoms with van der Waals surface area (Å²) in [4.78, 5) is 22.2. The average Bonchev–Trinajstić information content (AvgIpc) is 3.26. The first-order chi connectivity index (χ1) is 18.0. The third-order valence-corrected chi connectivity index (χ3v) is 7.39. The number of alkyl halides is 3. The van der Waals surface area contributed by atoms with E-state index in [1.54, 1.807) is 30.3 Å². The number of carbonyl (C=O) groups is 1. The molecular weight excluding hydrogens is 517 g/mol. The fourth-order valence-electron chi connectivity index (χ4n) is 4.36. The second-order valence-electron chi connectivity index (χ2n) is 8.64. The van der Waals surface area contributed by atoms with Crippen molar-refractivity contribution in [1.29, 1.82) is 0 Å². The summed E-state index contributed by atoms with van der Waals surface area (Å²) in [6.07, 6.45) is 0.705. The molecule has 1 aliphatic rings. The van der Waals surface area contributed by atoms with Gasteiger partial charge in [0, 0.05) is 18.0 Å². The number of anilines is 2. The van der Waals surface area contributed by atoms with Crippen LogP contribution in [0, 0.1) is 0 Å². The van der Waals surface area contributed by atoms with Gasteiger partial charge >= 0.3 is 6.18 Å². The number of halogens is 3. The summed E-state index contributed by atoms with van der Waals surface area (Å²) in [6.45, 7) is 7.34. The number of hydrogen-bond donors (Lipinski definition) is 1. The van der Waals surface area contributed by atoms with Crippen LogP contribution in [-0.2, 0) is 21.0 Å². The Morgan fingerprint density at radius 3 is 2.53 bits per heavy atom. The first kappa shape index (κ1) is 27.1. The van der Waals surface area contributed by atoms with Gasteiger partial charge in [0.15, 0.2) is 5.03 Å². The van der Waals surface area contributed by atoms with Gasteiger partial charge in [0.1, 0.15) is 11.6 Å². The van der Waals surface area contributed by atoms with Crippen molar-refractivity contribution in [3.8, 4) is 11.3 Å². The lowest BCUT2D eigenvalue weighted by molar-refractivity contribution is -0.137. The van der Waals surface area contributed by atoms with E-state index >= 15 is 0 Å². The molecule has 11 heteroatoms. The molecule has 0 saturated carbocycles. The number of nitrogens with zero attached hydrogens (tertiary/aromatic N) is 3. The minimum Gasteiger partial charge on any atom is -0.294 e. The highest BCUT2D eigenvalue weighted by Crippen LogP contribution is 2.38. The topological polar surface area (TPSA) is 92.3 Å². The van der Waals surface area contributed by atoms with Gasteiger partial charge in [0.05, 0.1) is 11.3 Å². The number of rotatable bonds is 9. The van der Waals surface area contributed by atoms with Crippen LogP contribution >= 0.6 is 0 Å². The van der Waals surface area contributed by atoms with Gasteiger partial charge in [0.25, 0.3) is 10.0 Å². The molecule has 3 heterocycles. The predicted molar refractivity (Wildman–Crippen MR) is 140 cm³/mol. The Hall–Kier alpha value is -3.99. The first-order valence-electron chi connectivity index (χ1n) is 11.8. The number of sulfonamides is 1. The Bertz CT molecular complexity index is 1490. The molecule has 1 atom stereocenters. The maximum Gasteiger partial charge on any atom is 0.418 e. The molecule has 2 aromatic heterocycles. The van der Waals surface area contributed by atoms with Crippen molar-refractivity contribution in [2.24, 2.45) is 0 Å². The highest BCUT2D eigenvalue weighted by molar-refractivity contribution is 7.92. The average molecular weight is 543 g/mol. The molecule has 1 saturated heterocycles. The number of hydrogen-bond acceptors (Lipinski definition) is 5. The van der Waals surface area contributed by atoms with E-state index in [4.69, 9.17) is 0 Å². The number of nitrogens with one attached hydrogen (secondary N) is 1. The van der Waals surface area contributed by atoms with Crippen molar-refractivity contribution in [2.45, 2.75) is 42.9 Å². The van der Waals surface area contributed by atoms with Gasteiger partial charge in [-0.1, -0.05) is 49.1 Å². The van der Waals surface area contributed by atoms with Gasteiger partial charge < -0.3 is 0 Å². The molecule has 198 valence electrons. The van der Waals surface area contributed by atoms with Crippen LogP contribution in [0.4, 0.5) is 24.8 Å². The monoisotopic (exact) mass is 542 g/mol. The normalized spacial score (nSPS) is 15.9. The Kier molecular flexibility index (Phi) is 7.68. The third-order valence-electron chi connectivity index (χ3n) is 6.14. The van der Waals surface area contributed by atoms with Crippen LogP contribution in [0.25, 0.3) is 17.3 Å². The Balaban J connectivity index is 1.70. The second kappa shape index (κ2) is 10.8. The molecule has 3 aromatic rings. The Morgan fingerprint density at radius 1 is 1.05 bits per heavy atom. The largest absolute Gasteiger partial charge is 0.418 e. The molecule has 1 N–H and O–H groups in total. The number of benzene rings is 1. The predicted octanol–water partition coefficient (Wildman–Crippen LogP) is 6.07. The van der Waals surface area contributed by atoms with Crippen LogP contribution in [0.5, 0.6) is 0 Å². The van der Waals surface area contributed by atoms with Crippen LogP contribution < -0.4 is 9.62 Å². The Morgan fingerprint density at radius 2 is 1.82 bits per heavy atom. The zero-order valence-electron chi connectivity index (χ0n) is 20.3. The zero-order chi connectivity index (χ0) is 27.5. The summed E-state index contributed by atoms with van der Waals surface area (Å²) in [7, 11) is -4.36. The quantitative estimate of drug-likeness (QED) is 0.332. The van der Waals surface area contributed by atoms with E-state index in [9.17, 15) is 26.4 Å². The van der Waals surface area contributed by atoms with Crippen molar-refractivity contribution in [1.82, 2.24) is 9.97 Å². The second-order valence-corrected chi connectivity index (χ2v) is 10.3. The molecule has 1 aromatic carbocycles. The molecular formula is C27H25F3N4O3S. The standard InChI is InChI=1S/C27H25F3N4O3S/c1-3-5-10-19-14-17-25(35)34(19)23-12-8-13-24(32-23)38(36,37)33-22-16-15-21(27(28,29)30)26(31-22)20-11-7-6-9-18(20)4-2/h3-4,6-9,11-13,15-16,19H,1-2,5,10,14,17H2,(H,31,33)/t19-/m0/s1. The van der Waals surface area contributed by atoms with Gasteiger partial charge in [-0.05, 0) is 49.1 Å². The van der Waals surface area contributed by atoms with Gasteiger partial charge in [0.2, 0.25) is 5.91 Å². The van der Waals surface area contributed by atoms with Crippen molar-refractivity contribution in [3.63, 3.8) is 0 Å². The molecule has 0 radical (unpaired) electrons. The van der Waals surface area contributed by atoms with Crippen molar-refractivity contribution < 1.29 is 26.4 Å². The molecule has 38 heavy (non-hydrogen) atoms. The summed E-state index contributed by atoms with van der Waals surface area (Å²) in [6, 6.07) is 12.1. The number of allylic oxidation sites excluding steroid dienone is 1. The van der Waals surface area contributed by atoms with Crippen LogP contribution in [0.2, 0.25) is 0 Å². The molecule has 1 amide bonds.